The molecule has 2 aromatic rings. The van der Waals surface area contributed by atoms with Crippen LogP contribution in [0.1, 0.15) is 12.5 Å². The van der Waals surface area contributed by atoms with Crippen LogP contribution in [0.15, 0.2) is 33.3 Å². The molecule has 21 heavy (non-hydrogen) atoms. The Bertz CT molecular complexity index is 655. The van der Waals surface area contributed by atoms with Gasteiger partial charge in [0.2, 0.25) is 5.88 Å². The summed E-state index contributed by atoms with van der Waals surface area (Å²) < 4.78 is 20.7. The maximum atomic E-state index is 13.6. The largest absolute Gasteiger partial charge is 0.437 e. The van der Waals surface area contributed by atoms with E-state index in [1.165, 1.54) is 12.1 Å². The van der Waals surface area contributed by atoms with E-state index in [4.69, 9.17) is 16.3 Å². The van der Waals surface area contributed by atoms with Gasteiger partial charge in [-0.15, -0.1) is 0 Å². The van der Waals surface area contributed by atoms with Crippen molar-refractivity contribution < 1.29 is 9.13 Å². The molecule has 112 valence electrons. The Labute approximate surface area is 144 Å². The zero-order chi connectivity index (χ0) is 15.4. The van der Waals surface area contributed by atoms with Crippen molar-refractivity contribution in [1.29, 1.82) is 0 Å². The van der Waals surface area contributed by atoms with Crippen molar-refractivity contribution in [2.75, 3.05) is 6.54 Å². The summed E-state index contributed by atoms with van der Waals surface area (Å²) in [6.07, 6.45) is 1.63. The van der Waals surface area contributed by atoms with E-state index >= 15 is 0 Å². The molecule has 0 aliphatic heterocycles. The second-order valence-electron chi connectivity index (χ2n) is 4.20. The monoisotopic (exact) mass is 436 g/mol. The Balaban J connectivity index is 2.32. The molecule has 0 saturated heterocycles. The molecule has 0 atom stereocenters. The number of halogens is 4. The molecule has 0 aliphatic carbocycles. The summed E-state index contributed by atoms with van der Waals surface area (Å²) in [4.78, 5) is 4.23. The highest BCUT2D eigenvalue weighted by atomic mass is 79.9. The minimum absolute atomic E-state index is 0.0332. The lowest BCUT2D eigenvalue weighted by atomic mass is 10.2. The maximum absolute atomic E-state index is 13.6. The van der Waals surface area contributed by atoms with Crippen LogP contribution in [-0.2, 0) is 6.54 Å². The van der Waals surface area contributed by atoms with Crippen LogP contribution in [0.2, 0.25) is 5.02 Å². The number of rotatable bonds is 5. The molecular weight excluding hydrogens is 426 g/mol. The van der Waals surface area contributed by atoms with E-state index in [9.17, 15) is 4.39 Å². The fourth-order valence-corrected chi connectivity index (χ4v) is 2.73. The Morgan fingerprint density at radius 2 is 2.10 bits per heavy atom. The third-order valence-electron chi connectivity index (χ3n) is 2.64. The number of hydrogen-bond donors (Lipinski definition) is 1. The third kappa shape index (κ3) is 4.39. The van der Waals surface area contributed by atoms with Crippen LogP contribution in [-0.4, -0.2) is 11.5 Å². The highest BCUT2D eigenvalue weighted by Crippen LogP contribution is 2.34. The zero-order valence-electron chi connectivity index (χ0n) is 11.1. The summed E-state index contributed by atoms with van der Waals surface area (Å²) >= 11 is 12.4. The molecule has 1 aromatic carbocycles. The van der Waals surface area contributed by atoms with Crippen LogP contribution in [0.3, 0.4) is 0 Å². The predicted molar refractivity (Wildman–Crippen MR) is 88.5 cm³/mol. The van der Waals surface area contributed by atoms with Crippen LogP contribution in [0.4, 0.5) is 4.39 Å². The van der Waals surface area contributed by atoms with Crippen molar-refractivity contribution in [2.24, 2.45) is 0 Å². The minimum atomic E-state index is -0.541. The smallest absolute Gasteiger partial charge is 0.223 e. The Kier molecular flexibility index (Phi) is 5.98. The Morgan fingerprint density at radius 1 is 1.33 bits per heavy atom. The molecule has 1 aromatic heterocycles. The van der Waals surface area contributed by atoms with Crippen molar-refractivity contribution in [3.05, 3.63) is 49.7 Å². The van der Waals surface area contributed by atoms with Gasteiger partial charge in [0, 0.05) is 28.8 Å². The van der Waals surface area contributed by atoms with Crippen molar-refractivity contribution in [1.82, 2.24) is 10.3 Å². The van der Waals surface area contributed by atoms with Gasteiger partial charge in [-0.25, -0.2) is 9.37 Å². The van der Waals surface area contributed by atoms with E-state index in [-0.39, 0.29) is 5.02 Å². The number of pyridine rings is 1. The first-order valence-corrected chi connectivity index (χ1v) is 8.15. The topological polar surface area (TPSA) is 34.2 Å². The Hall–Kier alpha value is -0.690. The fraction of sp³-hybridized carbons (Fsp3) is 0.214. The van der Waals surface area contributed by atoms with Crippen LogP contribution in [0.25, 0.3) is 0 Å². The highest BCUT2D eigenvalue weighted by molar-refractivity contribution is 9.10. The van der Waals surface area contributed by atoms with E-state index in [1.807, 2.05) is 13.0 Å². The first-order chi connectivity index (χ1) is 10.0. The summed E-state index contributed by atoms with van der Waals surface area (Å²) in [5.74, 6) is 0.200. The van der Waals surface area contributed by atoms with Crippen molar-refractivity contribution in [3.63, 3.8) is 0 Å². The van der Waals surface area contributed by atoms with Gasteiger partial charge < -0.3 is 10.1 Å². The second kappa shape index (κ2) is 7.54. The molecule has 1 N–H and O–H groups in total. The molecule has 2 rings (SSSR count). The molecule has 0 amide bonds. The molecule has 0 aliphatic rings. The number of ether oxygens (including phenoxy) is 1. The van der Waals surface area contributed by atoms with Crippen LogP contribution in [0, 0.1) is 5.82 Å². The Morgan fingerprint density at radius 3 is 2.81 bits per heavy atom. The van der Waals surface area contributed by atoms with Gasteiger partial charge in [0.25, 0.3) is 0 Å². The summed E-state index contributed by atoms with van der Waals surface area (Å²) in [6, 6.07) is 4.59. The van der Waals surface area contributed by atoms with Crippen LogP contribution >= 0.6 is 43.5 Å². The van der Waals surface area contributed by atoms with Gasteiger partial charge >= 0.3 is 0 Å². The molecular formula is C14H12Br2ClFN2O. The van der Waals surface area contributed by atoms with E-state index in [2.05, 4.69) is 42.2 Å². The molecule has 0 fully saturated rings. The average molecular weight is 439 g/mol. The summed E-state index contributed by atoms with van der Waals surface area (Å²) in [5.41, 5.74) is 0.869. The maximum Gasteiger partial charge on any atom is 0.223 e. The first kappa shape index (κ1) is 16.7. The van der Waals surface area contributed by atoms with Gasteiger partial charge in [-0.05, 0) is 50.5 Å². The SMILES string of the molecule is CCNCc1cc(Br)cnc1Oc1cc(F)c(Cl)cc1Br. The number of aromatic nitrogens is 1. The van der Waals surface area contributed by atoms with Crippen LogP contribution < -0.4 is 10.1 Å². The summed E-state index contributed by atoms with van der Waals surface area (Å²) in [7, 11) is 0. The van der Waals surface area contributed by atoms with Gasteiger partial charge in [0.1, 0.15) is 11.6 Å². The van der Waals surface area contributed by atoms with E-state index < -0.39 is 5.82 Å². The summed E-state index contributed by atoms with van der Waals surface area (Å²) in [5, 5.41) is 3.24. The first-order valence-electron chi connectivity index (χ1n) is 6.18. The van der Waals surface area contributed by atoms with Gasteiger partial charge in [-0.1, -0.05) is 18.5 Å². The quantitative estimate of drug-likeness (QED) is 0.643. The number of nitrogens with zero attached hydrogens (tertiary/aromatic N) is 1. The van der Waals surface area contributed by atoms with Crippen molar-refractivity contribution >= 4 is 43.5 Å². The van der Waals surface area contributed by atoms with Gasteiger partial charge in [0.05, 0.1) is 9.50 Å². The standard InChI is InChI=1S/C14H12Br2ClFN2O/c1-2-19-6-8-3-9(15)7-20-14(8)21-13-5-12(18)11(17)4-10(13)16/h3-5,7,19H,2,6H2,1H3. The number of nitrogens with one attached hydrogen (secondary N) is 1. The number of benzene rings is 1. The fourth-order valence-electron chi connectivity index (χ4n) is 1.63. The van der Waals surface area contributed by atoms with Crippen molar-refractivity contribution in [3.8, 4) is 11.6 Å². The molecule has 0 saturated carbocycles. The van der Waals surface area contributed by atoms with E-state index in [0.29, 0.717) is 22.6 Å². The van der Waals surface area contributed by atoms with Gasteiger partial charge in [-0.3, -0.25) is 0 Å². The van der Waals surface area contributed by atoms with E-state index in [1.54, 1.807) is 6.20 Å². The van der Waals surface area contributed by atoms with Crippen molar-refractivity contribution in [2.45, 2.75) is 13.5 Å². The normalized spacial score (nSPS) is 10.7. The lowest BCUT2D eigenvalue weighted by Gasteiger charge is -2.12. The average Bonchev–Trinajstić information content (AvgIpc) is 2.44. The molecule has 3 nitrogen and oxygen atoms in total. The second-order valence-corrected chi connectivity index (χ2v) is 6.37. The molecule has 0 unspecified atom stereocenters. The van der Waals surface area contributed by atoms with E-state index in [0.717, 1.165) is 16.6 Å². The highest BCUT2D eigenvalue weighted by Gasteiger charge is 2.12. The predicted octanol–water partition coefficient (Wildman–Crippen LogP) is 5.30. The lowest BCUT2D eigenvalue weighted by Crippen LogP contribution is -2.13. The third-order valence-corrected chi connectivity index (χ3v) is 3.98. The minimum Gasteiger partial charge on any atom is -0.437 e. The molecule has 0 bridgehead atoms. The van der Waals surface area contributed by atoms with Gasteiger partial charge in [0.15, 0.2) is 0 Å². The number of hydrogen-bond acceptors (Lipinski definition) is 3. The lowest BCUT2D eigenvalue weighted by molar-refractivity contribution is 0.446. The zero-order valence-corrected chi connectivity index (χ0v) is 15.0. The van der Waals surface area contributed by atoms with Crippen LogP contribution in [0.5, 0.6) is 11.6 Å². The molecule has 7 heteroatoms. The summed E-state index contributed by atoms with van der Waals surface area (Å²) in [6.45, 7) is 3.44. The van der Waals surface area contributed by atoms with Gasteiger partial charge in [-0.2, -0.15) is 0 Å². The molecule has 0 radical (unpaired) electrons. The molecule has 1 heterocycles. The molecule has 0 spiro atoms.